The fraction of sp³-hybridized carbons (Fsp3) is 0.583. The van der Waals surface area contributed by atoms with Crippen LogP contribution in [-0.4, -0.2) is 35.7 Å². The van der Waals surface area contributed by atoms with E-state index in [9.17, 15) is 4.79 Å². The number of aliphatic hydroxyl groups excluding tert-OH is 1. The van der Waals surface area contributed by atoms with Gasteiger partial charge in [-0.1, -0.05) is 13.3 Å². The van der Waals surface area contributed by atoms with Gasteiger partial charge >= 0.3 is 6.03 Å². The van der Waals surface area contributed by atoms with E-state index in [0.29, 0.717) is 13.1 Å². The van der Waals surface area contributed by atoms with E-state index in [1.165, 1.54) is 4.88 Å². The molecule has 17 heavy (non-hydrogen) atoms. The standard InChI is InChI=1S/C12H20N2O2S/c1-3-4-7-14(8-9-15)12(16)13-11-6-5-10(2)17-11/h5-6,15H,3-4,7-9H2,1-2H3,(H,13,16). The molecule has 2 amide bonds. The number of carbonyl (C=O) groups is 1. The summed E-state index contributed by atoms with van der Waals surface area (Å²) >= 11 is 1.55. The zero-order valence-corrected chi connectivity index (χ0v) is 11.2. The minimum Gasteiger partial charge on any atom is -0.395 e. The fourth-order valence-electron chi connectivity index (χ4n) is 1.47. The predicted octanol–water partition coefficient (Wildman–Crippen LogP) is 2.68. The van der Waals surface area contributed by atoms with Gasteiger partial charge < -0.3 is 10.0 Å². The molecule has 0 spiro atoms. The molecule has 1 aromatic rings. The van der Waals surface area contributed by atoms with E-state index < -0.39 is 0 Å². The fourth-order valence-corrected chi connectivity index (χ4v) is 2.23. The van der Waals surface area contributed by atoms with Gasteiger partial charge in [0.2, 0.25) is 0 Å². The highest BCUT2D eigenvalue weighted by atomic mass is 32.1. The van der Waals surface area contributed by atoms with Crippen molar-refractivity contribution in [2.75, 3.05) is 25.0 Å². The largest absolute Gasteiger partial charge is 0.395 e. The van der Waals surface area contributed by atoms with E-state index in [0.717, 1.165) is 17.8 Å². The molecule has 0 aliphatic rings. The highest BCUT2D eigenvalue weighted by molar-refractivity contribution is 7.16. The molecule has 1 heterocycles. The molecular formula is C12H20N2O2S. The van der Waals surface area contributed by atoms with Crippen LogP contribution in [-0.2, 0) is 0 Å². The second-order valence-electron chi connectivity index (χ2n) is 3.90. The number of urea groups is 1. The smallest absolute Gasteiger partial charge is 0.322 e. The molecule has 2 N–H and O–H groups in total. The van der Waals surface area contributed by atoms with Crippen molar-refractivity contribution in [3.63, 3.8) is 0 Å². The molecule has 0 aliphatic carbocycles. The number of nitrogens with zero attached hydrogens (tertiary/aromatic N) is 1. The monoisotopic (exact) mass is 256 g/mol. The Bertz CT molecular complexity index is 352. The van der Waals surface area contributed by atoms with Crippen LogP contribution in [0.1, 0.15) is 24.6 Å². The topological polar surface area (TPSA) is 52.6 Å². The lowest BCUT2D eigenvalue weighted by Gasteiger charge is -2.21. The van der Waals surface area contributed by atoms with Gasteiger partial charge in [-0.25, -0.2) is 4.79 Å². The molecule has 0 bridgehead atoms. The molecule has 1 rings (SSSR count). The van der Waals surface area contributed by atoms with Crippen LogP contribution in [0.4, 0.5) is 9.80 Å². The first-order chi connectivity index (χ1) is 8.17. The summed E-state index contributed by atoms with van der Waals surface area (Å²) in [5, 5.41) is 12.6. The van der Waals surface area contributed by atoms with E-state index >= 15 is 0 Å². The van der Waals surface area contributed by atoms with Gasteiger partial charge in [-0.05, 0) is 25.5 Å². The highest BCUT2D eigenvalue weighted by Gasteiger charge is 2.12. The van der Waals surface area contributed by atoms with E-state index in [1.807, 2.05) is 19.1 Å². The Balaban J connectivity index is 2.52. The Hall–Kier alpha value is -1.07. The summed E-state index contributed by atoms with van der Waals surface area (Å²) in [6, 6.07) is 3.74. The Morgan fingerprint density at radius 2 is 2.24 bits per heavy atom. The van der Waals surface area contributed by atoms with Crippen LogP contribution < -0.4 is 5.32 Å². The van der Waals surface area contributed by atoms with Crippen molar-refractivity contribution in [3.8, 4) is 0 Å². The molecule has 0 radical (unpaired) electrons. The molecule has 5 heteroatoms. The molecule has 0 atom stereocenters. The number of hydrogen-bond acceptors (Lipinski definition) is 3. The summed E-state index contributed by atoms with van der Waals surface area (Å²) < 4.78 is 0. The van der Waals surface area contributed by atoms with Gasteiger partial charge in [0.25, 0.3) is 0 Å². The number of hydrogen-bond donors (Lipinski definition) is 2. The maximum Gasteiger partial charge on any atom is 0.322 e. The number of unbranched alkanes of at least 4 members (excludes halogenated alkanes) is 1. The van der Waals surface area contributed by atoms with Crippen LogP contribution in [0.5, 0.6) is 0 Å². The SMILES string of the molecule is CCCCN(CCO)C(=O)Nc1ccc(C)s1. The van der Waals surface area contributed by atoms with Crippen LogP contribution in [0, 0.1) is 6.92 Å². The van der Waals surface area contributed by atoms with Gasteiger partial charge in [0.1, 0.15) is 0 Å². The zero-order chi connectivity index (χ0) is 12.7. The highest BCUT2D eigenvalue weighted by Crippen LogP contribution is 2.20. The minimum absolute atomic E-state index is 0.000598. The summed E-state index contributed by atoms with van der Waals surface area (Å²) in [6.07, 6.45) is 1.99. The van der Waals surface area contributed by atoms with Crippen LogP contribution in [0.2, 0.25) is 0 Å². The number of anilines is 1. The Morgan fingerprint density at radius 1 is 1.47 bits per heavy atom. The van der Waals surface area contributed by atoms with Gasteiger partial charge in [-0.15, -0.1) is 11.3 Å². The summed E-state index contributed by atoms with van der Waals surface area (Å²) in [4.78, 5) is 14.7. The third-order valence-corrected chi connectivity index (χ3v) is 3.33. The van der Waals surface area contributed by atoms with Crippen molar-refractivity contribution < 1.29 is 9.90 Å². The van der Waals surface area contributed by atoms with E-state index in [1.54, 1.807) is 16.2 Å². The number of aryl methyl sites for hydroxylation is 1. The predicted molar refractivity (Wildman–Crippen MR) is 71.6 cm³/mol. The molecule has 0 aromatic carbocycles. The average molecular weight is 256 g/mol. The second kappa shape index (κ2) is 7.29. The molecule has 4 nitrogen and oxygen atoms in total. The Kier molecular flexibility index (Phi) is 6.00. The number of rotatable bonds is 6. The first-order valence-corrected chi connectivity index (χ1v) is 6.72. The molecular weight excluding hydrogens is 236 g/mol. The first kappa shape index (κ1) is 14.0. The van der Waals surface area contributed by atoms with Crippen molar-refractivity contribution in [2.45, 2.75) is 26.7 Å². The van der Waals surface area contributed by atoms with E-state index in [-0.39, 0.29) is 12.6 Å². The van der Waals surface area contributed by atoms with Crippen molar-refractivity contribution in [1.82, 2.24) is 4.90 Å². The number of thiophene rings is 1. The molecule has 0 unspecified atom stereocenters. The van der Waals surface area contributed by atoms with Crippen LogP contribution >= 0.6 is 11.3 Å². The van der Waals surface area contributed by atoms with Crippen molar-refractivity contribution in [3.05, 3.63) is 17.0 Å². The van der Waals surface area contributed by atoms with Gasteiger partial charge in [-0.3, -0.25) is 5.32 Å². The maximum atomic E-state index is 11.9. The lowest BCUT2D eigenvalue weighted by molar-refractivity contribution is 0.187. The Labute approximate surface area is 106 Å². The first-order valence-electron chi connectivity index (χ1n) is 5.90. The third-order valence-electron chi connectivity index (χ3n) is 2.41. The molecule has 96 valence electrons. The third kappa shape index (κ3) is 4.75. The minimum atomic E-state index is -0.130. The van der Waals surface area contributed by atoms with Gasteiger partial charge in [-0.2, -0.15) is 0 Å². The summed E-state index contributed by atoms with van der Waals surface area (Å²) in [5.41, 5.74) is 0. The van der Waals surface area contributed by atoms with Gasteiger partial charge in [0, 0.05) is 18.0 Å². The maximum absolute atomic E-state index is 11.9. The van der Waals surface area contributed by atoms with Crippen molar-refractivity contribution in [2.24, 2.45) is 0 Å². The summed E-state index contributed by atoms with van der Waals surface area (Å²) in [6.45, 7) is 5.16. The second-order valence-corrected chi connectivity index (χ2v) is 5.19. The van der Waals surface area contributed by atoms with E-state index in [2.05, 4.69) is 12.2 Å². The number of nitrogens with one attached hydrogen (secondary N) is 1. The summed E-state index contributed by atoms with van der Waals surface area (Å²) in [7, 11) is 0. The lowest BCUT2D eigenvalue weighted by Crippen LogP contribution is -2.37. The van der Waals surface area contributed by atoms with Crippen LogP contribution in [0.3, 0.4) is 0 Å². The molecule has 0 saturated carbocycles. The molecule has 0 fully saturated rings. The van der Waals surface area contributed by atoms with Gasteiger partial charge in [0.05, 0.1) is 11.6 Å². The van der Waals surface area contributed by atoms with Crippen LogP contribution in [0.15, 0.2) is 12.1 Å². The molecule has 0 saturated heterocycles. The molecule has 1 aromatic heterocycles. The summed E-state index contributed by atoms with van der Waals surface area (Å²) in [5.74, 6) is 0. The number of aliphatic hydroxyl groups is 1. The van der Waals surface area contributed by atoms with Crippen LogP contribution in [0.25, 0.3) is 0 Å². The normalized spacial score (nSPS) is 10.3. The van der Waals surface area contributed by atoms with Crippen molar-refractivity contribution in [1.29, 1.82) is 0 Å². The van der Waals surface area contributed by atoms with Crippen molar-refractivity contribution >= 4 is 22.4 Å². The van der Waals surface area contributed by atoms with E-state index in [4.69, 9.17) is 5.11 Å². The average Bonchev–Trinajstić information content (AvgIpc) is 2.70. The zero-order valence-electron chi connectivity index (χ0n) is 10.4. The number of carbonyl (C=O) groups excluding carboxylic acids is 1. The molecule has 0 aliphatic heterocycles. The Morgan fingerprint density at radius 3 is 2.76 bits per heavy atom. The number of amides is 2. The lowest BCUT2D eigenvalue weighted by atomic mass is 10.3. The van der Waals surface area contributed by atoms with Gasteiger partial charge in [0.15, 0.2) is 0 Å². The quantitative estimate of drug-likeness (QED) is 0.822.